The summed E-state index contributed by atoms with van der Waals surface area (Å²) in [5.41, 5.74) is 0.979. The quantitative estimate of drug-likeness (QED) is 0.168. The van der Waals surface area contributed by atoms with Gasteiger partial charge in [0.25, 0.3) is 5.69 Å². The third kappa shape index (κ3) is 9.70. The van der Waals surface area contributed by atoms with Gasteiger partial charge in [0.1, 0.15) is 0 Å². The first-order chi connectivity index (χ1) is 14.4. The van der Waals surface area contributed by atoms with Crippen LogP contribution >= 0.6 is 24.0 Å². The number of hydrogen-bond acceptors (Lipinski definition) is 5. The molecule has 1 aliphatic rings. The van der Waals surface area contributed by atoms with E-state index < -0.39 is 4.92 Å². The molecule has 1 aromatic rings. The van der Waals surface area contributed by atoms with Gasteiger partial charge in [-0.2, -0.15) is 0 Å². The van der Waals surface area contributed by atoms with Gasteiger partial charge in [0.2, 0.25) is 0 Å². The maximum atomic E-state index is 11.9. The fraction of sp³-hybridized carbons (Fsp3) is 0.619. The van der Waals surface area contributed by atoms with Crippen molar-refractivity contribution in [2.75, 3.05) is 26.2 Å². The summed E-state index contributed by atoms with van der Waals surface area (Å²) in [6, 6.07) is 6.67. The fourth-order valence-corrected chi connectivity index (χ4v) is 3.14. The number of aliphatic imine (C=N–C) groups is 1. The van der Waals surface area contributed by atoms with Crippen molar-refractivity contribution in [2.24, 2.45) is 10.9 Å². The molecule has 0 radical (unpaired) electrons. The van der Waals surface area contributed by atoms with E-state index in [0.29, 0.717) is 32.2 Å². The molecule has 2 N–H and O–H groups in total. The number of benzene rings is 1. The second kappa shape index (κ2) is 14.0. The molecule has 0 saturated carbocycles. The Kier molecular flexibility index (Phi) is 12.2. The highest BCUT2D eigenvalue weighted by Crippen LogP contribution is 2.14. The molecule has 1 aromatic carbocycles. The molecule has 174 valence electrons. The van der Waals surface area contributed by atoms with Gasteiger partial charge in [0, 0.05) is 37.8 Å². The van der Waals surface area contributed by atoms with Crippen LogP contribution in [0, 0.1) is 16.0 Å². The van der Waals surface area contributed by atoms with Crippen LogP contribution in [0.15, 0.2) is 29.3 Å². The Morgan fingerprint density at radius 2 is 1.94 bits per heavy atom. The molecule has 1 fully saturated rings. The Morgan fingerprint density at radius 1 is 1.29 bits per heavy atom. The van der Waals surface area contributed by atoms with E-state index in [1.54, 1.807) is 17.0 Å². The SMILES string of the molecule is CCOC(=O)N1CCC(NC(=NCc2ccc([N+](=O)[O-])cc2)NCCC(C)C)CC1.I. The molecule has 0 unspecified atom stereocenters. The molecule has 0 aliphatic carbocycles. The van der Waals surface area contributed by atoms with Gasteiger partial charge in [-0.25, -0.2) is 9.79 Å². The van der Waals surface area contributed by atoms with E-state index in [0.717, 1.165) is 37.3 Å². The Balaban J connectivity index is 0.00000480. The van der Waals surface area contributed by atoms with Crippen LogP contribution in [0.1, 0.15) is 45.6 Å². The number of nitrogens with zero attached hydrogens (tertiary/aromatic N) is 3. The highest BCUT2D eigenvalue weighted by atomic mass is 127. The maximum absolute atomic E-state index is 11.9. The number of nitro benzene ring substituents is 1. The van der Waals surface area contributed by atoms with Gasteiger partial charge < -0.3 is 20.3 Å². The van der Waals surface area contributed by atoms with Crippen molar-refractivity contribution in [1.29, 1.82) is 0 Å². The number of rotatable bonds is 8. The van der Waals surface area contributed by atoms with E-state index >= 15 is 0 Å². The Morgan fingerprint density at radius 3 is 2.48 bits per heavy atom. The molecule has 0 atom stereocenters. The van der Waals surface area contributed by atoms with Crippen molar-refractivity contribution in [2.45, 2.75) is 52.6 Å². The lowest BCUT2D eigenvalue weighted by molar-refractivity contribution is -0.384. The largest absolute Gasteiger partial charge is 0.450 e. The average Bonchev–Trinajstić information content (AvgIpc) is 2.72. The molecule has 1 amide bonds. The molecule has 1 aliphatic heterocycles. The predicted molar refractivity (Wildman–Crippen MR) is 132 cm³/mol. The third-order valence-electron chi connectivity index (χ3n) is 4.94. The summed E-state index contributed by atoms with van der Waals surface area (Å²) in [7, 11) is 0. The van der Waals surface area contributed by atoms with Gasteiger partial charge in [0.05, 0.1) is 18.1 Å². The molecule has 2 rings (SSSR count). The summed E-state index contributed by atoms with van der Waals surface area (Å²) < 4.78 is 5.07. The Labute approximate surface area is 201 Å². The van der Waals surface area contributed by atoms with Crippen molar-refractivity contribution in [3.8, 4) is 0 Å². The van der Waals surface area contributed by atoms with Crippen LogP contribution < -0.4 is 10.6 Å². The molecule has 0 aromatic heterocycles. The predicted octanol–water partition coefficient (Wildman–Crippen LogP) is 3.92. The molecular weight excluding hydrogens is 513 g/mol. The second-order valence-electron chi connectivity index (χ2n) is 7.80. The van der Waals surface area contributed by atoms with Crippen LogP contribution in [0.5, 0.6) is 0 Å². The summed E-state index contributed by atoms with van der Waals surface area (Å²) in [6.07, 6.45) is 2.42. The number of halogens is 1. The molecule has 1 saturated heterocycles. The number of amides is 1. The highest BCUT2D eigenvalue weighted by molar-refractivity contribution is 14.0. The monoisotopic (exact) mass is 547 g/mol. The molecule has 1 heterocycles. The van der Waals surface area contributed by atoms with Crippen LogP contribution in [0.25, 0.3) is 0 Å². The lowest BCUT2D eigenvalue weighted by Crippen LogP contribution is -2.50. The minimum absolute atomic E-state index is 0. The van der Waals surface area contributed by atoms with E-state index in [1.807, 2.05) is 6.92 Å². The van der Waals surface area contributed by atoms with Gasteiger partial charge in [0.15, 0.2) is 5.96 Å². The lowest BCUT2D eigenvalue weighted by Gasteiger charge is -2.32. The molecule has 0 bridgehead atoms. The number of guanidine groups is 1. The minimum atomic E-state index is -0.407. The van der Waals surface area contributed by atoms with Crippen molar-refractivity contribution < 1.29 is 14.5 Å². The van der Waals surface area contributed by atoms with Gasteiger partial charge in [-0.3, -0.25) is 10.1 Å². The smallest absolute Gasteiger partial charge is 0.409 e. The first kappa shape index (κ1) is 26.9. The summed E-state index contributed by atoms with van der Waals surface area (Å²) in [4.78, 5) is 28.7. The van der Waals surface area contributed by atoms with Gasteiger partial charge >= 0.3 is 6.09 Å². The number of likely N-dealkylation sites (tertiary alicyclic amines) is 1. The summed E-state index contributed by atoms with van der Waals surface area (Å²) >= 11 is 0. The molecule has 10 heteroatoms. The van der Waals surface area contributed by atoms with E-state index in [-0.39, 0.29) is 41.8 Å². The summed E-state index contributed by atoms with van der Waals surface area (Å²) in [5.74, 6) is 1.31. The Hall–Kier alpha value is -2.11. The zero-order valence-electron chi connectivity index (χ0n) is 18.5. The molecular formula is C21H34IN5O4. The van der Waals surface area contributed by atoms with E-state index in [2.05, 4.69) is 29.5 Å². The zero-order valence-corrected chi connectivity index (χ0v) is 20.8. The van der Waals surface area contributed by atoms with Gasteiger partial charge in [-0.1, -0.05) is 26.0 Å². The topological polar surface area (TPSA) is 109 Å². The number of hydrogen-bond donors (Lipinski definition) is 2. The van der Waals surface area contributed by atoms with Gasteiger partial charge in [-0.15, -0.1) is 24.0 Å². The minimum Gasteiger partial charge on any atom is -0.450 e. The first-order valence-electron chi connectivity index (χ1n) is 10.6. The molecule has 0 spiro atoms. The molecule has 31 heavy (non-hydrogen) atoms. The number of piperidine rings is 1. The van der Waals surface area contributed by atoms with Crippen molar-refractivity contribution >= 4 is 41.7 Å². The first-order valence-corrected chi connectivity index (χ1v) is 10.6. The summed E-state index contributed by atoms with van der Waals surface area (Å²) in [5, 5.41) is 17.7. The molecule has 9 nitrogen and oxygen atoms in total. The third-order valence-corrected chi connectivity index (χ3v) is 4.94. The number of carbonyl (C=O) groups is 1. The highest BCUT2D eigenvalue weighted by Gasteiger charge is 2.24. The van der Waals surface area contributed by atoms with Crippen LogP contribution in [0.3, 0.4) is 0 Å². The van der Waals surface area contributed by atoms with Crippen molar-refractivity contribution in [1.82, 2.24) is 15.5 Å². The zero-order chi connectivity index (χ0) is 21.9. The standard InChI is InChI=1S/C21H33N5O4.HI/c1-4-30-21(27)25-13-10-18(11-14-25)24-20(22-12-9-16(2)3)23-15-17-5-7-19(8-6-17)26(28)29;/h5-8,16,18H,4,9-15H2,1-3H3,(H2,22,23,24);1H. The van der Waals surface area contributed by atoms with Crippen LogP contribution in [-0.4, -0.2) is 54.2 Å². The summed E-state index contributed by atoms with van der Waals surface area (Å²) in [6.45, 7) is 9.08. The number of ether oxygens (including phenoxy) is 1. The van der Waals surface area contributed by atoms with Crippen molar-refractivity contribution in [3.63, 3.8) is 0 Å². The number of non-ortho nitro benzene ring substituents is 1. The number of nitro groups is 1. The normalized spacial score (nSPS) is 14.7. The van der Waals surface area contributed by atoms with E-state index in [1.165, 1.54) is 12.1 Å². The fourth-order valence-electron chi connectivity index (χ4n) is 3.14. The van der Waals surface area contributed by atoms with Crippen LogP contribution in [0.2, 0.25) is 0 Å². The van der Waals surface area contributed by atoms with Gasteiger partial charge in [-0.05, 0) is 37.7 Å². The number of carbonyl (C=O) groups excluding carboxylic acids is 1. The van der Waals surface area contributed by atoms with Crippen molar-refractivity contribution in [3.05, 3.63) is 39.9 Å². The Bertz CT molecular complexity index is 719. The van der Waals surface area contributed by atoms with Crippen LogP contribution in [0.4, 0.5) is 10.5 Å². The van der Waals surface area contributed by atoms with E-state index in [4.69, 9.17) is 4.74 Å². The van der Waals surface area contributed by atoms with E-state index in [9.17, 15) is 14.9 Å². The van der Waals surface area contributed by atoms with Crippen LogP contribution in [-0.2, 0) is 11.3 Å². The lowest BCUT2D eigenvalue weighted by atomic mass is 10.1. The second-order valence-corrected chi connectivity index (χ2v) is 7.80. The average molecular weight is 547 g/mol. The number of nitrogens with one attached hydrogen (secondary N) is 2. The maximum Gasteiger partial charge on any atom is 0.409 e.